The molecule has 26 heavy (non-hydrogen) atoms. The number of fused-ring (bicyclic) bond motifs is 1. The highest BCUT2D eigenvalue weighted by Gasteiger charge is 2.39. The summed E-state index contributed by atoms with van der Waals surface area (Å²) in [6.07, 6.45) is 1.22. The minimum absolute atomic E-state index is 0.113. The molecule has 1 saturated heterocycles. The minimum atomic E-state index is -0.821. The number of nitrogens with one attached hydrogen (secondary N) is 2. The molecule has 3 rings (SSSR count). The van der Waals surface area contributed by atoms with Crippen molar-refractivity contribution in [3.05, 3.63) is 34.9 Å². The molecule has 8 heteroatoms. The number of amides is 3. The normalized spacial score (nSPS) is 19.5. The van der Waals surface area contributed by atoms with Gasteiger partial charge >= 0.3 is 5.97 Å². The first-order valence-corrected chi connectivity index (χ1v) is 8.65. The number of piperidine rings is 1. The molecule has 3 amide bonds. The molecule has 0 radical (unpaired) electrons. The third-order valence-corrected chi connectivity index (χ3v) is 4.74. The van der Waals surface area contributed by atoms with Gasteiger partial charge in [0, 0.05) is 31.5 Å². The van der Waals surface area contributed by atoms with E-state index >= 15 is 0 Å². The summed E-state index contributed by atoms with van der Waals surface area (Å²) >= 11 is 0. The quantitative estimate of drug-likeness (QED) is 0.479. The Kier molecular flexibility index (Phi) is 5.32. The van der Waals surface area contributed by atoms with Crippen LogP contribution in [0.3, 0.4) is 0 Å². The van der Waals surface area contributed by atoms with Crippen LogP contribution in [-0.2, 0) is 27.5 Å². The fourth-order valence-electron chi connectivity index (χ4n) is 3.40. The van der Waals surface area contributed by atoms with E-state index in [9.17, 15) is 19.2 Å². The van der Waals surface area contributed by atoms with E-state index in [2.05, 4.69) is 10.6 Å². The molecule has 0 spiro atoms. The van der Waals surface area contributed by atoms with Crippen LogP contribution in [0, 0.1) is 0 Å². The Morgan fingerprint density at radius 2 is 2.12 bits per heavy atom. The van der Waals surface area contributed by atoms with Crippen LogP contribution in [0.15, 0.2) is 18.2 Å². The third-order valence-electron chi connectivity index (χ3n) is 4.74. The fraction of sp³-hybridized carbons (Fsp3) is 0.444. The predicted molar refractivity (Wildman–Crippen MR) is 91.1 cm³/mol. The van der Waals surface area contributed by atoms with Crippen LogP contribution in [0.25, 0.3) is 0 Å². The van der Waals surface area contributed by atoms with Gasteiger partial charge in [-0.15, -0.1) is 0 Å². The Morgan fingerprint density at radius 1 is 1.31 bits per heavy atom. The Morgan fingerprint density at radius 3 is 2.85 bits per heavy atom. The van der Waals surface area contributed by atoms with E-state index in [1.165, 1.54) is 4.90 Å². The van der Waals surface area contributed by atoms with Crippen LogP contribution < -0.4 is 10.6 Å². The molecule has 0 aliphatic carbocycles. The molecular formula is C18H21N3O5. The van der Waals surface area contributed by atoms with Crippen molar-refractivity contribution in [2.45, 2.75) is 44.8 Å². The molecule has 138 valence electrons. The van der Waals surface area contributed by atoms with Gasteiger partial charge in [-0.1, -0.05) is 12.1 Å². The number of hydrogen-bond acceptors (Lipinski definition) is 5. The fourth-order valence-corrected chi connectivity index (χ4v) is 3.40. The number of nitrogens with zero attached hydrogens (tertiary/aromatic N) is 1. The predicted octanol–water partition coefficient (Wildman–Crippen LogP) is 0.402. The molecule has 1 atom stereocenters. The van der Waals surface area contributed by atoms with Crippen LogP contribution in [0.2, 0.25) is 0 Å². The molecule has 8 nitrogen and oxygen atoms in total. The second-order valence-electron chi connectivity index (χ2n) is 6.52. The number of carboxylic acid groups (broad SMARTS) is 1. The van der Waals surface area contributed by atoms with Gasteiger partial charge in [0.25, 0.3) is 5.91 Å². The van der Waals surface area contributed by atoms with E-state index in [0.717, 1.165) is 11.1 Å². The lowest BCUT2D eigenvalue weighted by molar-refractivity contribution is -0.138. The summed E-state index contributed by atoms with van der Waals surface area (Å²) in [5, 5.41) is 14.1. The summed E-state index contributed by atoms with van der Waals surface area (Å²) in [7, 11) is 0. The van der Waals surface area contributed by atoms with Crippen molar-refractivity contribution >= 4 is 23.7 Å². The summed E-state index contributed by atoms with van der Waals surface area (Å²) in [5.41, 5.74) is 2.42. The zero-order valence-electron chi connectivity index (χ0n) is 14.3. The molecule has 0 bridgehead atoms. The lowest BCUT2D eigenvalue weighted by Crippen LogP contribution is -2.52. The van der Waals surface area contributed by atoms with Gasteiger partial charge in [0.15, 0.2) is 0 Å². The summed E-state index contributed by atoms with van der Waals surface area (Å²) in [5.74, 6) is -1.74. The SMILES string of the molecule is O=C(O)CCCNCc1cccc2c1CN(C1CCC(=O)NC1=O)C2=O. The lowest BCUT2D eigenvalue weighted by atomic mass is 10.0. The van der Waals surface area contributed by atoms with E-state index in [1.54, 1.807) is 12.1 Å². The molecule has 2 heterocycles. The second-order valence-corrected chi connectivity index (χ2v) is 6.52. The summed E-state index contributed by atoms with van der Waals surface area (Å²) < 4.78 is 0. The number of benzene rings is 1. The highest BCUT2D eigenvalue weighted by molar-refractivity contribution is 6.05. The van der Waals surface area contributed by atoms with E-state index in [1.807, 2.05) is 6.07 Å². The summed E-state index contributed by atoms with van der Waals surface area (Å²) in [6.45, 7) is 1.44. The molecule has 2 aliphatic heterocycles. The van der Waals surface area contributed by atoms with Crippen molar-refractivity contribution in [3.63, 3.8) is 0 Å². The number of rotatable bonds is 7. The van der Waals surface area contributed by atoms with Gasteiger partial charge in [-0.2, -0.15) is 0 Å². The van der Waals surface area contributed by atoms with Crippen LogP contribution in [0.4, 0.5) is 0 Å². The zero-order valence-corrected chi connectivity index (χ0v) is 14.3. The molecule has 0 saturated carbocycles. The van der Waals surface area contributed by atoms with Gasteiger partial charge in [0.05, 0.1) is 0 Å². The van der Waals surface area contributed by atoms with E-state index in [0.29, 0.717) is 38.0 Å². The Labute approximate surface area is 150 Å². The first-order valence-electron chi connectivity index (χ1n) is 8.65. The molecule has 1 aromatic rings. The average molecular weight is 359 g/mol. The van der Waals surface area contributed by atoms with Gasteiger partial charge in [0.2, 0.25) is 11.8 Å². The van der Waals surface area contributed by atoms with E-state index in [-0.39, 0.29) is 24.7 Å². The van der Waals surface area contributed by atoms with Gasteiger partial charge < -0.3 is 15.3 Å². The average Bonchev–Trinajstić information content (AvgIpc) is 2.92. The minimum Gasteiger partial charge on any atom is -0.481 e. The maximum Gasteiger partial charge on any atom is 0.303 e. The van der Waals surface area contributed by atoms with Crippen LogP contribution in [-0.4, -0.2) is 46.3 Å². The number of imide groups is 1. The van der Waals surface area contributed by atoms with E-state index in [4.69, 9.17) is 5.11 Å². The first-order chi connectivity index (χ1) is 12.5. The Hall–Kier alpha value is -2.74. The molecule has 1 fully saturated rings. The molecular weight excluding hydrogens is 338 g/mol. The van der Waals surface area contributed by atoms with Crippen LogP contribution in [0.1, 0.15) is 47.2 Å². The number of aliphatic carboxylic acids is 1. The van der Waals surface area contributed by atoms with Crippen molar-refractivity contribution in [1.82, 2.24) is 15.5 Å². The standard InChI is InChI=1S/C18H21N3O5/c22-15-7-6-14(17(25)20-15)21-10-13-11(3-1-4-12(13)18(21)26)9-19-8-2-5-16(23)24/h1,3-4,14,19H,2,5-10H2,(H,23,24)(H,20,22,25). The van der Waals surface area contributed by atoms with E-state index < -0.39 is 17.9 Å². The van der Waals surface area contributed by atoms with Crippen LogP contribution >= 0.6 is 0 Å². The Balaban J connectivity index is 1.66. The van der Waals surface area contributed by atoms with Gasteiger partial charge in [-0.3, -0.25) is 24.5 Å². The topological polar surface area (TPSA) is 116 Å². The van der Waals surface area contributed by atoms with Gasteiger partial charge in [-0.25, -0.2) is 0 Å². The Bertz CT molecular complexity index is 761. The number of carbonyl (C=O) groups excluding carboxylic acids is 3. The zero-order chi connectivity index (χ0) is 18.7. The van der Waals surface area contributed by atoms with Crippen LogP contribution in [0.5, 0.6) is 0 Å². The maximum atomic E-state index is 12.7. The maximum absolute atomic E-state index is 12.7. The summed E-state index contributed by atoms with van der Waals surface area (Å²) in [6, 6.07) is 4.85. The van der Waals surface area contributed by atoms with Crippen molar-refractivity contribution in [3.8, 4) is 0 Å². The van der Waals surface area contributed by atoms with Gasteiger partial charge in [-0.05, 0) is 36.6 Å². The molecule has 2 aliphatic rings. The summed E-state index contributed by atoms with van der Waals surface area (Å²) in [4.78, 5) is 48.2. The molecule has 1 aromatic carbocycles. The highest BCUT2D eigenvalue weighted by Crippen LogP contribution is 2.29. The smallest absolute Gasteiger partial charge is 0.303 e. The third kappa shape index (κ3) is 3.75. The van der Waals surface area contributed by atoms with Crippen molar-refractivity contribution in [1.29, 1.82) is 0 Å². The molecule has 0 aromatic heterocycles. The first kappa shape index (κ1) is 18.1. The van der Waals surface area contributed by atoms with Crippen molar-refractivity contribution in [2.75, 3.05) is 6.54 Å². The number of hydrogen-bond donors (Lipinski definition) is 3. The van der Waals surface area contributed by atoms with Crippen molar-refractivity contribution < 1.29 is 24.3 Å². The van der Waals surface area contributed by atoms with Crippen molar-refractivity contribution in [2.24, 2.45) is 0 Å². The van der Waals surface area contributed by atoms with Gasteiger partial charge in [0.1, 0.15) is 6.04 Å². The largest absolute Gasteiger partial charge is 0.481 e. The molecule has 3 N–H and O–H groups in total. The number of carboxylic acids is 1. The monoisotopic (exact) mass is 359 g/mol. The highest BCUT2D eigenvalue weighted by atomic mass is 16.4. The lowest BCUT2D eigenvalue weighted by Gasteiger charge is -2.29. The second kappa shape index (κ2) is 7.65. The molecule has 1 unspecified atom stereocenters. The number of carbonyl (C=O) groups is 4.